The Hall–Kier alpha value is -4.20. The molecule has 3 amide bonds. The van der Waals surface area contributed by atoms with Gasteiger partial charge in [-0.25, -0.2) is 8.42 Å². The van der Waals surface area contributed by atoms with E-state index in [1.807, 2.05) is 0 Å². The van der Waals surface area contributed by atoms with Gasteiger partial charge in [-0.15, -0.1) is 11.3 Å². The largest absolute Gasteiger partial charge is 0.483 e. The van der Waals surface area contributed by atoms with Crippen LogP contribution in [0.1, 0.15) is 20.7 Å². The number of sulfonamides is 1. The third-order valence-corrected chi connectivity index (χ3v) is 8.37. The topological polar surface area (TPSA) is 143 Å². The molecule has 1 heterocycles. The van der Waals surface area contributed by atoms with Gasteiger partial charge in [-0.1, -0.05) is 34.1 Å². The molecule has 0 radical (unpaired) electrons. The molecule has 0 bridgehead atoms. The molecule has 4 aromatic rings. The van der Waals surface area contributed by atoms with Gasteiger partial charge in [0.05, 0.1) is 5.56 Å². The van der Waals surface area contributed by atoms with Crippen LogP contribution >= 0.6 is 27.3 Å². The molecule has 0 aliphatic rings. The van der Waals surface area contributed by atoms with E-state index in [0.29, 0.717) is 5.69 Å². The zero-order chi connectivity index (χ0) is 27.8. The Morgan fingerprint density at radius 1 is 0.795 bits per heavy atom. The summed E-state index contributed by atoms with van der Waals surface area (Å²) in [6, 6.07) is 22.1. The molecule has 10 nitrogen and oxygen atoms in total. The van der Waals surface area contributed by atoms with Crippen LogP contribution in [0.4, 0.5) is 11.4 Å². The van der Waals surface area contributed by atoms with Crippen molar-refractivity contribution in [2.75, 3.05) is 16.6 Å². The quantitative estimate of drug-likeness (QED) is 0.202. The number of hydrogen-bond acceptors (Lipinski definition) is 7. The average molecular weight is 630 g/mol. The van der Waals surface area contributed by atoms with Gasteiger partial charge < -0.3 is 10.1 Å². The maximum absolute atomic E-state index is 12.7. The summed E-state index contributed by atoms with van der Waals surface area (Å²) in [5.41, 5.74) is 5.77. The molecule has 200 valence electrons. The summed E-state index contributed by atoms with van der Waals surface area (Å²) in [6.07, 6.45) is 0. The fourth-order valence-electron chi connectivity index (χ4n) is 3.22. The molecule has 0 saturated heterocycles. The first kappa shape index (κ1) is 27.8. The van der Waals surface area contributed by atoms with E-state index in [4.69, 9.17) is 4.74 Å². The van der Waals surface area contributed by atoms with E-state index in [1.165, 1.54) is 42.5 Å². The maximum atomic E-state index is 12.7. The van der Waals surface area contributed by atoms with Crippen molar-refractivity contribution in [3.8, 4) is 5.75 Å². The van der Waals surface area contributed by atoms with Gasteiger partial charge in [0.1, 0.15) is 9.96 Å². The minimum Gasteiger partial charge on any atom is -0.483 e. The Morgan fingerprint density at radius 2 is 1.46 bits per heavy atom. The van der Waals surface area contributed by atoms with Gasteiger partial charge in [0.2, 0.25) is 0 Å². The Balaban J connectivity index is 1.30. The normalized spacial score (nSPS) is 10.8. The first-order valence-electron chi connectivity index (χ1n) is 11.3. The van der Waals surface area contributed by atoms with Gasteiger partial charge in [0.25, 0.3) is 27.7 Å². The highest BCUT2D eigenvalue weighted by molar-refractivity contribution is 9.10. The fourth-order valence-corrected chi connectivity index (χ4v) is 5.53. The van der Waals surface area contributed by atoms with Crippen LogP contribution in [-0.4, -0.2) is 32.7 Å². The molecule has 0 fully saturated rings. The number of para-hydroxylation sites is 1. The SMILES string of the molecule is O=C(COc1ccccc1C(=O)NNC(=O)c1ccc(NS(=O)(=O)c2cccs2)cc1)Nc1ccc(Br)cc1. The number of carbonyl (C=O) groups excluding carboxylic acids is 3. The predicted octanol–water partition coefficient (Wildman–Crippen LogP) is 4.40. The molecule has 0 saturated carbocycles. The lowest BCUT2D eigenvalue weighted by atomic mass is 10.2. The number of anilines is 2. The predicted molar refractivity (Wildman–Crippen MR) is 151 cm³/mol. The van der Waals surface area contributed by atoms with E-state index < -0.39 is 27.7 Å². The van der Waals surface area contributed by atoms with E-state index in [0.717, 1.165) is 15.8 Å². The van der Waals surface area contributed by atoms with Crippen LogP contribution in [0.15, 0.2) is 99.0 Å². The molecule has 0 atom stereocenters. The smallest absolute Gasteiger partial charge is 0.273 e. The monoisotopic (exact) mass is 628 g/mol. The molecule has 0 unspecified atom stereocenters. The van der Waals surface area contributed by atoms with Crippen molar-refractivity contribution in [3.63, 3.8) is 0 Å². The van der Waals surface area contributed by atoms with Crippen molar-refractivity contribution < 1.29 is 27.5 Å². The third-order valence-electron chi connectivity index (χ3n) is 5.07. The first-order valence-corrected chi connectivity index (χ1v) is 14.4. The summed E-state index contributed by atoms with van der Waals surface area (Å²) in [5, 5.41) is 4.35. The van der Waals surface area contributed by atoms with Gasteiger partial charge in [-0.05, 0) is 72.1 Å². The van der Waals surface area contributed by atoms with Crippen molar-refractivity contribution in [1.82, 2.24) is 10.9 Å². The van der Waals surface area contributed by atoms with E-state index in [1.54, 1.807) is 47.8 Å². The van der Waals surface area contributed by atoms with Crippen molar-refractivity contribution in [3.05, 3.63) is 106 Å². The molecule has 0 aliphatic heterocycles. The molecule has 39 heavy (non-hydrogen) atoms. The number of benzene rings is 3. The van der Waals surface area contributed by atoms with Crippen molar-refractivity contribution in [2.24, 2.45) is 0 Å². The van der Waals surface area contributed by atoms with Crippen molar-refractivity contribution in [1.29, 1.82) is 0 Å². The third kappa shape index (κ3) is 7.66. The molecular formula is C26H21BrN4O6S2. The molecule has 4 N–H and O–H groups in total. The highest BCUT2D eigenvalue weighted by Crippen LogP contribution is 2.21. The highest BCUT2D eigenvalue weighted by atomic mass is 79.9. The van der Waals surface area contributed by atoms with E-state index in [9.17, 15) is 22.8 Å². The second kappa shape index (κ2) is 12.6. The minimum atomic E-state index is -3.71. The second-order valence-electron chi connectivity index (χ2n) is 7.86. The van der Waals surface area contributed by atoms with Crippen LogP contribution in [-0.2, 0) is 14.8 Å². The Labute approximate surface area is 236 Å². The number of halogens is 1. The molecular weight excluding hydrogens is 608 g/mol. The van der Waals surface area contributed by atoms with Gasteiger partial charge >= 0.3 is 0 Å². The molecule has 0 aliphatic carbocycles. The molecule has 4 rings (SSSR count). The molecule has 3 aromatic carbocycles. The summed E-state index contributed by atoms with van der Waals surface area (Å²) in [5.74, 6) is -1.55. The number of rotatable bonds is 9. The summed E-state index contributed by atoms with van der Waals surface area (Å²) >= 11 is 4.41. The number of ether oxygens (including phenoxy) is 1. The van der Waals surface area contributed by atoms with Gasteiger partial charge in [0, 0.05) is 21.4 Å². The average Bonchev–Trinajstić information content (AvgIpc) is 3.49. The van der Waals surface area contributed by atoms with E-state index in [2.05, 4.69) is 36.8 Å². The van der Waals surface area contributed by atoms with Crippen LogP contribution in [0.25, 0.3) is 0 Å². The summed E-state index contributed by atoms with van der Waals surface area (Å²) in [6.45, 7) is -0.338. The lowest BCUT2D eigenvalue weighted by molar-refractivity contribution is -0.118. The zero-order valence-corrected chi connectivity index (χ0v) is 23.2. The van der Waals surface area contributed by atoms with Gasteiger partial charge in [-0.2, -0.15) is 0 Å². The second-order valence-corrected chi connectivity index (χ2v) is 11.6. The number of nitrogens with one attached hydrogen (secondary N) is 4. The van der Waals surface area contributed by atoms with Crippen LogP contribution in [0, 0.1) is 0 Å². The molecule has 1 aromatic heterocycles. The number of thiophene rings is 1. The van der Waals surface area contributed by atoms with E-state index in [-0.39, 0.29) is 33.4 Å². The number of carbonyl (C=O) groups is 3. The fraction of sp³-hybridized carbons (Fsp3) is 0.0385. The Kier molecular flexibility index (Phi) is 8.96. The van der Waals surface area contributed by atoms with Crippen LogP contribution in [0.3, 0.4) is 0 Å². The van der Waals surface area contributed by atoms with Crippen LogP contribution in [0.5, 0.6) is 5.75 Å². The number of hydrogen-bond donors (Lipinski definition) is 4. The Morgan fingerprint density at radius 3 is 2.15 bits per heavy atom. The standard InChI is InChI=1S/C26H21BrN4O6S2/c27-18-9-13-19(14-10-18)28-23(32)16-37-22-5-2-1-4-21(22)26(34)30-29-25(33)17-7-11-20(12-8-17)31-39(35,36)24-6-3-15-38-24/h1-15,31H,16H2,(H,28,32)(H,29,33)(H,30,34). The highest BCUT2D eigenvalue weighted by Gasteiger charge is 2.17. The van der Waals surface area contributed by atoms with Crippen LogP contribution in [0.2, 0.25) is 0 Å². The lowest BCUT2D eigenvalue weighted by Crippen LogP contribution is -2.41. The van der Waals surface area contributed by atoms with Gasteiger partial charge in [0.15, 0.2) is 6.61 Å². The molecule has 13 heteroatoms. The van der Waals surface area contributed by atoms with Crippen molar-refractivity contribution >= 4 is 66.4 Å². The summed E-state index contributed by atoms with van der Waals surface area (Å²) in [7, 11) is -3.71. The van der Waals surface area contributed by atoms with Crippen LogP contribution < -0.4 is 25.6 Å². The van der Waals surface area contributed by atoms with Gasteiger partial charge in [-0.3, -0.25) is 30.0 Å². The number of amides is 3. The minimum absolute atomic E-state index is 0.104. The lowest BCUT2D eigenvalue weighted by Gasteiger charge is -2.13. The van der Waals surface area contributed by atoms with Crippen molar-refractivity contribution in [2.45, 2.75) is 4.21 Å². The summed E-state index contributed by atoms with van der Waals surface area (Å²) < 4.78 is 33.7. The number of hydrazine groups is 1. The zero-order valence-electron chi connectivity index (χ0n) is 20.0. The summed E-state index contributed by atoms with van der Waals surface area (Å²) in [4.78, 5) is 37.5. The maximum Gasteiger partial charge on any atom is 0.273 e. The molecule has 0 spiro atoms. The Bertz CT molecular complexity index is 1580. The first-order chi connectivity index (χ1) is 18.7. The van der Waals surface area contributed by atoms with E-state index >= 15 is 0 Å².